The Morgan fingerprint density at radius 3 is 2.67 bits per heavy atom. The van der Waals surface area contributed by atoms with E-state index >= 15 is 0 Å². The van der Waals surface area contributed by atoms with Crippen molar-refractivity contribution in [3.8, 4) is 0 Å². The van der Waals surface area contributed by atoms with Crippen LogP contribution in [-0.4, -0.2) is 22.1 Å². The fourth-order valence-electron chi connectivity index (χ4n) is 1.40. The fraction of sp³-hybridized carbons (Fsp3) is 0.455. The molecule has 84 valence electrons. The smallest absolute Gasteiger partial charge is 0.132 e. The average molecular weight is 230 g/mol. The molecule has 1 aromatic rings. The van der Waals surface area contributed by atoms with Crippen molar-refractivity contribution in [2.24, 2.45) is 0 Å². The molecule has 0 saturated carbocycles. The number of benzene rings is 1. The first-order chi connectivity index (χ1) is 7.07. The molecule has 0 bridgehead atoms. The number of rotatable bonds is 4. The monoisotopic (exact) mass is 230 g/mol. The molecular formula is C11H15FO2S. The second-order valence-corrected chi connectivity index (χ2v) is 3.95. The molecule has 0 aliphatic carbocycles. The van der Waals surface area contributed by atoms with Crippen LogP contribution >= 0.6 is 12.6 Å². The van der Waals surface area contributed by atoms with Crippen LogP contribution in [0, 0.1) is 12.7 Å². The van der Waals surface area contributed by atoms with Gasteiger partial charge in [0.25, 0.3) is 0 Å². The van der Waals surface area contributed by atoms with Crippen molar-refractivity contribution >= 4 is 12.6 Å². The highest BCUT2D eigenvalue weighted by Crippen LogP contribution is 2.23. The lowest BCUT2D eigenvalue weighted by Gasteiger charge is -2.18. The standard InChI is InChI=1S/C11H15FO2S/c1-7-3-2-4-8(10(7)12)11(14)9(13)5-6-15/h2-4,9,11,13-15H,5-6H2,1H3. The number of aryl methyl sites for hydroxylation is 1. The number of aliphatic hydroxyl groups is 2. The van der Waals surface area contributed by atoms with Crippen LogP contribution in [0.5, 0.6) is 0 Å². The summed E-state index contributed by atoms with van der Waals surface area (Å²) < 4.78 is 13.6. The predicted molar refractivity (Wildman–Crippen MR) is 60.6 cm³/mol. The first-order valence-electron chi connectivity index (χ1n) is 4.80. The molecule has 4 heteroatoms. The Bertz CT molecular complexity index is 330. The van der Waals surface area contributed by atoms with Gasteiger partial charge in [-0.15, -0.1) is 0 Å². The summed E-state index contributed by atoms with van der Waals surface area (Å²) in [4.78, 5) is 0. The summed E-state index contributed by atoms with van der Waals surface area (Å²) in [5.41, 5.74) is 0.605. The number of hydrogen-bond acceptors (Lipinski definition) is 3. The molecule has 0 radical (unpaired) electrons. The largest absolute Gasteiger partial charge is 0.390 e. The van der Waals surface area contributed by atoms with Gasteiger partial charge in [-0.3, -0.25) is 0 Å². The van der Waals surface area contributed by atoms with Crippen molar-refractivity contribution < 1.29 is 14.6 Å². The van der Waals surface area contributed by atoms with Gasteiger partial charge < -0.3 is 10.2 Å². The lowest BCUT2D eigenvalue weighted by molar-refractivity contribution is 0.0151. The van der Waals surface area contributed by atoms with Gasteiger partial charge in [-0.05, 0) is 24.7 Å². The van der Waals surface area contributed by atoms with Crippen LogP contribution < -0.4 is 0 Å². The highest BCUT2D eigenvalue weighted by Gasteiger charge is 2.21. The molecule has 1 aromatic carbocycles. The minimum atomic E-state index is -1.18. The minimum Gasteiger partial charge on any atom is -0.390 e. The van der Waals surface area contributed by atoms with Gasteiger partial charge in [0.2, 0.25) is 0 Å². The first-order valence-corrected chi connectivity index (χ1v) is 5.43. The molecule has 0 fully saturated rings. The topological polar surface area (TPSA) is 40.5 Å². The van der Waals surface area contributed by atoms with E-state index in [1.807, 2.05) is 0 Å². The SMILES string of the molecule is Cc1cccc(C(O)C(O)CCS)c1F. The van der Waals surface area contributed by atoms with Gasteiger partial charge in [0.15, 0.2) is 0 Å². The molecule has 1 rings (SSSR count). The average Bonchev–Trinajstić information content (AvgIpc) is 2.21. The van der Waals surface area contributed by atoms with E-state index in [1.54, 1.807) is 19.1 Å². The minimum absolute atomic E-state index is 0.143. The lowest BCUT2D eigenvalue weighted by atomic mass is 10.00. The fourth-order valence-corrected chi connectivity index (χ4v) is 1.66. The van der Waals surface area contributed by atoms with E-state index in [9.17, 15) is 14.6 Å². The third-order valence-electron chi connectivity index (χ3n) is 2.33. The summed E-state index contributed by atoms with van der Waals surface area (Å²) >= 11 is 3.95. The Kier molecular flexibility index (Phi) is 4.57. The highest BCUT2D eigenvalue weighted by molar-refractivity contribution is 7.80. The van der Waals surface area contributed by atoms with Gasteiger partial charge in [-0.25, -0.2) is 4.39 Å². The molecule has 2 nitrogen and oxygen atoms in total. The summed E-state index contributed by atoms with van der Waals surface area (Å²) in [5.74, 6) is -0.00530. The van der Waals surface area contributed by atoms with E-state index < -0.39 is 18.0 Å². The maximum absolute atomic E-state index is 13.6. The van der Waals surface area contributed by atoms with Gasteiger partial charge >= 0.3 is 0 Å². The summed E-state index contributed by atoms with van der Waals surface area (Å²) in [6, 6.07) is 4.76. The molecule has 0 aliphatic rings. The number of aliphatic hydroxyl groups excluding tert-OH is 2. The third kappa shape index (κ3) is 2.93. The normalized spacial score (nSPS) is 15.0. The maximum Gasteiger partial charge on any atom is 0.132 e. The Morgan fingerprint density at radius 2 is 2.07 bits per heavy atom. The van der Waals surface area contributed by atoms with Crippen molar-refractivity contribution in [2.75, 3.05) is 5.75 Å². The van der Waals surface area contributed by atoms with E-state index in [1.165, 1.54) is 6.07 Å². The van der Waals surface area contributed by atoms with Crippen LogP contribution in [0.25, 0.3) is 0 Å². The van der Waals surface area contributed by atoms with E-state index in [0.717, 1.165) is 0 Å². The van der Waals surface area contributed by atoms with Crippen molar-refractivity contribution in [1.82, 2.24) is 0 Å². The van der Waals surface area contributed by atoms with Gasteiger partial charge in [-0.1, -0.05) is 18.2 Å². The van der Waals surface area contributed by atoms with E-state index in [-0.39, 0.29) is 5.56 Å². The molecule has 0 amide bonds. The van der Waals surface area contributed by atoms with E-state index in [2.05, 4.69) is 12.6 Å². The molecule has 15 heavy (non-hydrogen) atoms. The second-order valence-electron chi connectivity index (χ2n) is 3.50. The van der Waals surface area contributed by atoms with E-state index in [0.29, 0.717) is 17.7 Å². The van der Waals surface area contributed by atoms with Crippen molar-refractivity contribution in [1.29, 1.82) is 0 Å². The molecule has 0 saturated heterocycles. The van der Waals surface area contributed by atoms with Crippen LogP contribution in [0.3, 0.4) is 0 Å². The molecular weight excluding hydrogens is 215 g/mol. The van der Waals surface area contributed by atoms with Crippen molar-refractivity contribution in [3.63, 3.8) is 0 Å². The molecule has 0 aliphatic heterocycles. The van der Waals surface area contributed by atoms with Crippen LogP contribution in [0.1, 0.15) is 23.7 Å². The Morgan fingerprint density at radius 1 is 1.40 bits per heavy atom. The highest BCUT2D eigenvalue weighted by atomic mass is 32.1. The van der Waals surface area contributed by atoms with Crippen LogP contribution in [0.15, 0.2) is 18.2 Å². The van der Waals surface area contributed by atoms with Crippen LogP contribution in [0.4, 0.5) is 4.39 Å². The van der Waals surface area contributed by atoms with Crippen molar-refractivity contribution in [3.05, 3.63) is 35.1 Å². The Labute approximate surface area is 94.2 Å². The van der Waals surface area contributed by atoms with Crippen LogP contribution in [-0.2, 0) is 0 Å². The van der Waals surface area contributed by atoms with Gasteiger partial charge in [0, 0.05) is 5.56 Å². The quantitative estimate of drug-likeness (QED) is 0.691. The summed E-state index contributed by atoms with van der Waals surface area (Å²) in [7, 11) is 0. The zero-order valence-electron chi connectivity index (χ0n) is 8.52. The van der Waals surface area contributed by atoms with Gasteiger partial charge in [-0.2, -0.15) is 12.6 Å². The van der Waals surface area contributed by atoms with Crippen molar-refractivity contribution in [2.45, 2.75) is 25.6 Å². The Balaban J connectivity index is 2.90. The summed E-state index contributed by atoms with van der Waals surface area (Å²) in [5, 5.41) is 19.2. The number of halogens is 1. The predicted octanol–water partition coefficient (Wildman–Crippen LogP) is 1.85. The number of thiol groups is 1. The maximum atomic E-state index is 13.6. The van der Waals surface area contributed by atoms with E-state index in [4.69, 9.17) is 0 Å². The molecule has 0 heterocycles. The van der Waals surface area contributed by atoms with Gasteiger partial charge in [0.05, 0.1) is 6.10 Å². The zero-order chi connectivity index (χ0) is 11.4. The third-order valence-corrected chi connectivity index (χ3v) is 2.59. The summed E-state index contributed by atoms with van der Waals surface area (Å²) in [6.07, 6.45) is -1.83. The van der Waals surface area contributed by atoms with Gasteiger partial charge in [0.1, 0.15) is 11.9 Å². The second kappa shape index (κ2) is 5.49. The molecule has 0 spiro atoms. The molecule has 2 N–H and O–H groups in total. The zero-order valence-corrected chi connectivity index (χ0v) is 9.41. The summed E-state index contributed by atoms with van der Waals surface area (Å²) in [6.45, 7) is 1.62. The van der Waals surface area contributed by atoms with Crippen LogP contribution in [0.2, 0.25) is 0 Å². The number of hydrogen-bond donors (Lipinski definition) is 3. The lowest BCUT2D eigenvalue weighted by Crippen LogP contribution is -2.20. The Hall–Kier alpha value is -0.580. The first kappa shape index (κ1) is 12.5. The molecule has 2 atom stereocenters. The molecule has 2 unspecified atom stereocenters. The molecule has 0 aromatic heterocycles.